The molecule has 1 aliphatic heterocycles. The van der Waals surface area contributed by atoms with Crippen LogP contribution in [-0.4, -0.2) is 15.7 Å². The molecule has 11 heavy (non-hydrogen) atoms. The van der Waals surface area contributed by atoms with E-state index in [0.717, 1.165) is 0 Å². The fraction of sp³-hybridized carbons (Fsp3) is 0.500. The number of alkyl halides is 2. The summed E-state index contributed by atoms with van der Waals surface area (Å²) in [7, 11) is 0. The van der Waals surface area contributed by atoms with E-state index in [4.69, 9.17) is 0 Å². The van der Waals surface area contributed by atoms with Crippen LogP contribution >= 0.6 is 15.9 Å². The molecule has 0 fully saturated rings. The van der Waals surface area contributed by atoms with Crippen molar-refractivity contribution in [3.8, 4) is 0 Å². The number of fused-ring (bicyclic) bond motifs is 1. The minimum atomic E-state index is -2.61. The van der Waals surface area contributed by atoms with E-state index in [0.29, 0.717) is 10.2 Å². The van der Waals surface area contributed by atoms with E-state index < -0.39 is 5.92 Å². The van der Waals surface area contributed by atoms with Gasteiger partial charge in [0.15, 0.2) is 0 Å². The highest BCUT2D eigenvalue weighted by atomic mass is 79.9. The second-order valence-electron chi connectivity index (χ2n) is 2.63. The van der Waals surface area contributed by atoms with E-state index in [2.05, 4.69) is 21.0 Å². The van der Waals surface area contributed by atoms with Crippen molar-refractivity contribution in [3.63, 3.8) is 0 Å². The Kier molecular flexibility index (Phi) is 1.33. The third-order valence-corrected chi connectivity index (χ3v) is 2.37. The summed E-state index contributed by atoms with van der Waals surface area (Å²) in [5.41, 5.74) is 0.593. The van der Waals surface area contributed by atoms with E-state index >= 15 is 0 Å². The summed E-state index contributed by atoms with van der Waals surface area (Å²) in [6.07, 6.45) is 1.35. The molecule has 2 heterocycles. The van der Waals surface area contributed by atoms with Gasteiger partial charge in [-0.15, -0.1) is 0 Å². The maximum absolute atomic E-state index is 12.7. The van der Waals surface area contributed by atoms with Gasteiger partial charge in [0, 0.05) is 0 Å². The summed E-state index contributed by atoms with van der Waals surface area (Å²) in [5.74, 6) is -2.61. The van der Waals surface area contributed by atoms with Crippen LogP contribution in [0.4, 0.5) is 8.78 Å². The molecule has 0 unspecified atom stereocenters. The third kappa shape index (κ3) is 1.07. The molecule has 0 aliphatic carbocycles. The van der Waals surface area contributed by atoms with Crippen LogP contribution in [0.15, 0.2) is 10.7 Å². The Morgan fingerprint density at radius 3 is 3.00 bits per heavy atom. The molecule has 0 saturated carbocycles. The zero-order valence-corrected chi connectivity index (χ0v) is 7.11. The van der Waals surface area contributed by atoms with Gasteiger partial charge in [0.25, 0.3) is 5.92 Å². The average Bonchev–Trinajstić information content (AvgIpc) is 2.31. The van der Waals surface area contributed by atoms with Gasteiger partial charge in [-0.1, -0.05) is 0 Å². The van der Waals surface area contributed by atoms with E-state index in [9.17, 15) is 8.78 Å². The largest absolute Gasteiger partial charge is 0.272 e. The zero-order chi connectivity index (χ0) is 8.06. The van der Waals surface area contributed by atoms with Gasteiger partial charge < -0.3 is 0 Å². The molecule has 0 saturated heterocycles. The molecule has 0 aromatic carbocycles. The Hall–Kier alpha value is -0.450. The Labute approximate surface area is 70.3 Å². The zero-order valence-electron chi connectivity index (χ0n) is 5.52. The minimum absolute atomic E-state index is 0.201. The Morgan fingerprint density at radius 1 is 1.64 bits per heavy atom. The van der Waals surface area contributed by atoms with Crippen molar-refractivity contribution in [3.05, 3.63) is 16.4 Å². The highest BCUT2D eigenvalue weighted by Gasteiger charge is 2.39. The lowest BCUT2D eigenvalue weighted by Gasteiger charge is -2.04. The van der Waals surface area contributed by atoms with Crippen LogP contribution in [0.25, 0.3) is 0 Å². The Morgan fingerprint density at radius 2 is 2.36 bits per heavy atom. The van der Waals surface area contributed by atoms with Crippen molar-refractivity contribution >= 4 is 15.9 Å². The monoisotopic (exact) mass is 222 g/mol. The summed E-state index contributed by atoms with van der Waals surface area (Å²) in [5, 5.41) is 3.78. The lowest BCUT2D eigenvalue weighted by atomic mass is 10.2. The predicted molar refractivity (Wildman–Crippen MR) is 38.6 cm³/mol. The van der Waals surface area contributed by atoms with E-state index in [1.54, 1.807) is 6.20 Å². The van der Waals surface area contributed by atoms with Gasteiger partial charge in [0.1, 0.15) is 6.54 Å². The van der Waals surface area contributed by atoms with E-state index in [-0.39, 0.29) is 13.0 Å². The summed E-state index contributed by atoms with van der Waals surface area (Å²) < 4.78 is 27.4. The molecule has 1 aromatic heterocycles. The first-order valence-electron chi connectivity index (χ1n) is 3.16. The maximum atomic E-state index is 12.7. The van der Waals surface area contributed by atoms with Crippen molar-refractivity contribution < 1.29 is 8.78 Å². The minimum Gasteiger partial charge on any atom is -0.262 e. The Balaban J connectivity index is 2.42. The van der Waals surface area contributed by atoms with Crippen LogP contribution < -0.4 is 0 Å². The number of halogens is 3. The standard InChI is InChI=1S/C6H5BrF2N2/c7-4-2-10-11-3-6(8,9)1-5(4)11/h2H,1,3H2. The molecule has 2 rings (SSSR count). The van der Waals surface area contributed by atoms with Crippen LogP contribution in [0, 0.1) is 0 Å². The van der Waals surface area contributed by atoms with Crippen molar-refractivity contribution in [1.82, 2.24) is 9.78 Å². The molecule has 0 spiro atoms. The van der Waals surface area contributed by atoms with Crippen molar-refractivity contribution in [2.75, 3.05) is 0 Å². The molecule has 0 atom stereocenters. The number of rotatable bonds is 0. The average molecular weight is 223 g/mol. The van der Waals surface area contributed by atoms with Crippen LogP contribution in [0.1, 0.15) is 5.69 Å². The highest BCUT2D eigenvalue weighted by molar-refractivity contribution is 9.10. The van der Waals surface area contributed by atoms with Crippen molar-refractivity contribution in [2.45, 2.75) is 18.9 Å². The summed E-state index contributed by atoms with van der Waals surface area (Å²) in [6, 6.07) is 0. The van der Waals surface area contributed by atoms with Crippen molar-refractivity contribution in [1.29, 1.82) is 0 Å². The van der Waals surface area contributed by atoms with Gasteiger partial charge in [-0.25, -0.2) is 8.78 Å². The second-order valence-corrected chi connectivity index (χ2v) is 3.48. The van der Waals surface area contributed by atoms with Gasteiger partial charge in [0.05, 0.1) is 22.8 Å². The first kappa shape index (κ1) is 7.21. The SMILES string of the molecule is FC1(F)Cc2c(Br)cnn2C1. The molecule has 0 radical (unpaired) electrons. The van der Waals surface area contributed by atoms with E-state index in [1.165, 1.54) is 4.68 Å². The summed E-state index contributed by atoms with van der Waals surface area (Å²) in [6.45, 7) is -0.284. The number of hydrogen-bond acceptors (Lipinski definition) is 1. The molecular formula is C6H5BrF2N2. The van der Waals surface area contributed by atoms with Crippen molar-refractivity contribution in [2.24, 2.45) is 0 Å². The van der Waals surface area contributed by atoms with Crippen LogP contribution in [0.2, 0.25) is 0 Å². The molecule has 0 N–H and O–H groups in total. The lowest BCUT2D eigenvalue weighted by Crippen LogP contribution is -2.17. The fourth-order valence-corrected chi connectivity index (χ4v) is 1.66. The van der Waals surface area contributed by atoms with Gasteiger partial charge >= 0.3 is 0 Å². The van der Waals surface area contributed by atoms with Gasteiger partial charge in [-0.05, 0) is 15.9 Å². The Bertz CT molecular complexity index is 295. The first-order chi connectivity index (χ1) is 5.08. The molecule has 1 aliphatic rings. The fourth-order valence-electron chi connectivity index (χ4n) is 1.22. The molecule has 1 aromatic rings. The molecule has 0 amide bonds. The smallest absolute Gasteiger partial charge is 0.262 e. The quantitative estimate of drug-likeness (QED) is 0.656. The maximum Gasteiger partial charge on any atom is 0.272 e. The molecule has 60 valence electrons. The van der Waals surface area contributed by atoms with Gasteiger partial charge in [-0.2, -0.15) is 5.10 Å². The first-order valence-corrected chi connectivity index (χ1v) is 3.96. The number of nitrogens with zero attached hydrogens (tertiary/aromatic N) is 2. The second kappa shape index (κ2) is 2.03. The molecule has 0 bridgehead atoms. The molecular weight excluding hydrogens is 218 g/mol. The highest BCUT2D eigenvalue weighted by Crippen LogP contribution is 2.32. The van der Waals surface area contributed by atoms with Crippen LogP contribution in [-0.2, 0) is 13.0 Å². The van der Waals surface area contributed by atoms with Crippen LogP contribution in [0.5, 0.6) is 0 Å². The topological polar surface area (TPSA) is 17.8 Å². The molecule has 5 heteroatoms. The van der Waals surface area contributed by atoms with Gasteiger partial charge in [0.2, 0.25) is 0 Å². The van der Waals surface area contributed by atoms with E-state index in [1.807, 2.05) is 0 Å². The molecule has 2 nitrogen and oxygen atoms in total. The predicted octanol–water partition coefficient (Wildman–Crippen LogP) is 1.84. The third-order valence-electron chi connectivity index (χ3n) is 1.70. The van der Waals surface area contributed by atoms with Gasteiger partial charge in [-0.3, -0.25) is 4.68 Å². The number of hydrogen-bond donors (Lipinski definition) is 0. The van der Waals surface area contributed by atoms with Crippen LogP contribution in [0.3, 0.4) is 0 Å². The lowest BCUT2D eigenvalue weighted by molar-refractivity contribution is 0.000912. The number of aromatic nitrogens is 2. The summed E-state index contributed by atoms with van der Waals surface area (Å²) in [4.78, 5) is 0. The normalized spacial score (nSPS) is 20.3. The summed E-state index contributed by atoms with van der Waals surface area (Å²) >= 11 is 3.15.